The van der Waals surface area contributed by atoms with E-state index in [2.05, 4.69) is 27.7 Å². The lowest BCUT2D eigenvalue weighted by molar-refractivity contribution is -0.139. The Bertz CT molecular complexity index is 235. The van der Waals surface area contributed by atoms with E-state index in [1.54, 1.807) is 0 Å². The van der Waals surface area contributed by atoms with Crippen molar-refractivity contribution in [1.82, 2.24) is 0 Å². The summed E-state index contributed by atoms with van der Waals surface area (Å²) in [6, 6.07) is 0. The zero-order valence-electron chi connectivity index (χ0n) is 11.2. The maximum absolute atomic E-state index is 6.09. The first-order chi connectivity index (χ1) is 7.41. The highest BCUT2D eigenvalue weighted by molar-refractivity contribution is 4.90. The third kappa shape index (κ3) is 2.60. The first-order valence-electron chi connectivity index (χ1n) is 6.60. The molecule has 2 aliphatic rings. The second-order valence-corrected chi connectivity index (χ2v) is 6.97. The number of hydrogen-bond acceptors (Lipinski definition) is 2. The zero-order chi connectivity index (χ0) is 11.8. The molecule has 94 valence electrons. The molecule has 0 radical (unpaired) electrons. The summed E-state index contributed by atoms with van der Waals surface area (Å²) < 4.78 is 11.7. The summed E-state index contributed by atoms with van der Waals surface area (Å²) >= 11 is 0. The van der Waals surface area contributed by atoms with Crippen molar-refractivity contribution < 1.29 is 9.47 Å². The molecule has 2 unspecified atom stereocenters. The molecule has 2 aliphatic heterocycles. The smallest absolute Gasteiger partial charge is 0.0630 e. The Morgan fingerprint density at radius 3 is 2.38 bits per heavy atom. The molecule has 16 heavy (non-hydrogen) atoms. The molecule has 0 aromatic heterocycles. The van der Waals surface area contributed by atoms with Crippen molar-refractivity contribution in [2.75, 3.05) is 19.8 Å². The molecular formula is C14H26O2. The van der Waals surface area contributed by atoms with E-state index in [0.29, 0.717) is 22.9 Å². The van der Waals surface area contributed by atoms with E-state index >= 15 is 0 Å². The van der Waals surface area contributed by atoms with Crippen molar-refractivity contribution in [3.05, 3.63) is 0 Å². The molecule has 2 atom stereocenters. The molecule has 2 saturated heterocycles. The van der Waals surface area contributed by atoms with E-state index in [1.165, 1.54) is 19.3 Å². The molecule has 0 saturated carbocycles. The van der Waals surface area contributed by atoms with Crippen LogP contribution in [0.5, 0.6) is 0 Å². The van der Waals surface area contributed by atoms with Gasteiger partial charge in [0.1, 0.15) is 0 Å². The summed E-state index contributed by atoms with van der Waals surface area (Å²) in [5.74, 6) is 0.581. The van der Waals surface area contributed by atoms with Gasteiger partial charge in [0.2, 0.25) is 0 Å². The van der Waals surface area contributed by atoms with Crippen LogP contribution in [0.15, 0.2) is 0 Å². The van der Waals surface area contributed by atoms with Gasteiger partial charge in [-0.05, 0) is 30.1 Å². The first kappa shape index (κ1) is 12.4. The highest BCUT2D eigenvalue weighted by atomic mass is 16.5. The summed E-state index contributed by atoms with van der Waals surface area (Å²) in [5.41, 5.74) is 0.751. The third-order valence-electron chi connectivity index (χ3n) is 4.43. The van der Waals surface area contributed by atoms with Crippen molar-refractivity contribution in [3.8, 4) is 0 Å². The summed E-state index contributed by atoms with van der Waals surface area (Å²) in [6.07, 6.45) is 4.07. The molecule has 0 bridgehead atoms. The fourth-order valence-electron chi connectivity index (χ4n) is 2.91. The Kier molecular flexibility index (Phi) is 3.33. The fraction of sp³-hybridized carbons (Fsp3) is 1.00. The third-order valence-corrected chi connectivity index (χ3v) is 4.43. The topological polar surface area (TPSA) is 18.5 Å². The molecule has 2 fully saturated rings. The van der Waals surface area contributed by atoms with Crippen LogP contribution in [0.3, 0.4) is 0 Å². The zero-order valence-corrected chi connectivity index (χ0v) is 11.2. The van der Waals surface area contributed by atoms with Crippen LogP contribution in [0.2, 0.25) is 0 Å². The van der Waals surface area contributed by atoms with Gasteiger partial charge < -0.3 is 9.47 Å². The number of hydrogen-bond donors (Lipinski definition) is 0. The van der Waals surface area contributed by atoms with Gasteiger partial charge in [0.05, 0.1) is 19.3 Å². The van der Waals surface area contributed by atoms with Gasteiger partial charge in [-0.1, -0.05) is 27.7 Å². The molecule has 2 nitrogen and oxygen atoms in total. The molecular weight excluding hydrogens is 200 g/mol. The van der Waals surface area contributed by atoms with Gasteiger partial charge in [0, 0.05) is 12.5 Å². The van der Waals surface area contributed by atoms with Gasteiger partial charge in [-0.15, -0.1) is 0 Å². The lowest BCUT2D eigenvalue weighted by Crippen LogP contribution is -2.46. The van der Waals surface area contributed by atoms with Gasteiger partial charge in [0.25, 0.3) is 0 Å². The van der Waals surface area contributed by atoms with Gasteiger partial charge in [-0.2, -0.15) is 0 Å². The van der Waals surface area contributed by atoms with Crippen molar-refractivity contribution in [1.29, 1.82) is 0 Å². The average molecular weight is 226 g/mol. The normalized spacial score (nSPS) is 38.2. The SMILES string of the molecule is CC1(C)CCC(C2COCCC2(C)C)OC1. The molecule has 0 aromatic rings. The molecule has 2 heteroatoms. The molecule has 2 rings (SSSR count). The Balaban J connectivity index is 1.97. The summed E-state index contributed by atoms with van der Waals surface area (Å²) in [7, 11) is 0. The maximum Gasteiger partial charge on any atom is 0.0630 e. The molecule has 0 aromatic carbocycles. The minimum atomic E-state index is 0.371. The Morgan fingerprint density at radius 1 is 1.06 bits per heavy atom. The van der Waals surface area contributed by atoms with E-state index in [-0.39, 0.29) is 0 Å². The van der Waals surface area contributed by atoms with Gasteiger partial charge in [-0.25, -0.2) is 0 Å². The average Bonchev–Trinajstić information content (AvgIpc) is 2.18. The molecule has 0 spiro atoms. The van der Waals surface area contributed by atoms with E-state index in [0.717, 1.165) is 19.8 Å². The van der Waals surface area contributed by atoms with Gasteiger partial charge in [0.15, 0.2) is 0 Å². The fourth-order valence-corrected chi connectivity index (χ4v) is 2.91. The molecule has 2 heterocycles. The van der Waals surface area contributed by atoms with Crippen molar-refractivity contribution >= 4 is 0 Å². The van der Waals surface area contributed by atoms with Crippen LogP contribution >= 0.6 is 0 Å². The largest absolute Gasteiger partial charge is 0.381 e. The Morgan fingerprint density at radius 2 is 1.81 bits per heavy atom. The van der Waals surface area contributed by atoms with Crippen LogP contribution < -0.4 is 0 Å². The standard InChI is InChI=1S/C14H26O2/c1-13(2)6-5-12(16-10-13)11-9-15-8-7-14(11,3)4/h11-12H,5-10H2,1-4H3. The minimum Gasteiger partial charge on any atom is -0.381 e. The number of ether oxygens (including phenoxy) is 2. The van der Waals surface area contributed by atoms with E-state index < -0.39 is 0 Å². The second-order valence-electron chi connectivity index (χ2n) is 6.97. The molecule has 0 N–H and O–H groups in total. The summed E-state index contributed by atoms with van der Waals surface area (Å²) in [5, 5.41) is 0. The van der Waals surface area contributed by atoms with Crippen LogP contribution in [0, 0.1) is 16.7 Å². The van der Waals surface area contributed by atoms with Crippen LogP contribution in [-0.4, -0.2) is 25.9 Å². The Hall–Kier alpha value is -0.0800. The van der Waals surface area contributed by atoms with Crippen LogP contribution in [0.4, 0.5) is 0 Å². The lowest BCUT2D eigenvalue weighted by atomic mass is 9.70. The summed E-state index contributed by atoms with van der Waals surface area (Å²) in [4.78, 5) is 0. The monoisotopic (exact) mass is 226 g/mol. The van der Waals surface area contributed by atoms with Crippen LogP contribution in [0.25, 0.3) is 0 Å². The van der Waals surface area contributed by atoms with Gasteiger partial charge in [-0.3, -0.25) is 0 Å². The Labute approximate surface area is 99.7 Å². The highest BCUT2D eigenvalue weighted by Crippen LogP contribution is 2.42. The quantitative estimate of drug-likeness (QED) is 0.683. The molecule has 0 amide bonds. The van der Waals surface area contributed by atoms with Crippen LogP contribution in [0.1, 0.15) is 47.0 Å². The first-order valence-corrected chi connectivity index (χ1v) is 6.60. The number of rotatable bonds is 1. The minimum absolute atomic E-state index is 0.371. The highest BCUT2D eigenvalue weighted by Gasteiger charge is 2.41. The van der Waals surface area contributed by atoms with E-state index in [9.17, 15) is 0 Å². The van der Waals surface area contributed by atoms with Gasteiger partial charge >= 0.3 is 0 Å². The summed E-state index contributed by atoms with van der Waals surface area (Å²) in [6.45, 7) is 12.0. The van der Waals surface area contributed by atoms with Crippen molar-refractivity contribution in [2.24, 2.45) is 16.7 Å². The van der Waals surface area contributed by atoms with Crippen molar-refractivity contribution in [2.45, 2.75) is 53.1 Å². The maximum atomic E-state index is 6.09. The molecule has 0 aliphatic carbocycles. The van der Waals surface area contributed by atoms with Crippen LogP contribution in [-0.2, 0) is 9.47 Å². The predicted molar refractivity (Wildman–Crippen MR) is 65.5 cm³/mol. The predicted octanol–water partition coefficient (Wildman–Crippen LogP) is 3.25. The van der Waals surface area contributed by atoms with E-state index in [4.69, 9.17) is 9.47 Å². The van der Waals surface area contributed by atoms with Crippen molar-refractivity contribution in [3.63, 3.8) is 0 Å². The van der Waals surface area contributed by atoms with E-state index in [1.807, 2.05) is 0 Å². The lowest BCUT2D eigenvalue weighted by Gasteiger charge is -2.46. The second kappa shape index (κ2) is 4.30.